The predicted molar refractivity (Wildman–Crippen MR) is 102 cm³/mol. The molecule has 5 heteroatoms. The Bertz CT molecular complexity index is 786. The van der Waals surface area contributed by atoms with Crippen molar-refractivity contribution in [2.24, 2.45) is 0 Å². The number of benzene rings is 1. The second-order valence-corrected chi connectivity index (χ2v) is 6.33. The van der Waals surface area contributed by atoms with Gasteiger partial charge in [-0.25, -0.2) is 0 Å². The van der Waals surface area contributed by atoms with Gasteiger partial charge in [-0.3, -0.25) is 9.48 Å². The molecule has 0 spiro atoms. The van der Waals surface area contributed by atoms with Gasteiger partial charge in [0.2, 0.25) is 5.91 Å². The van der Waals surface area contributed by atoms with Crippen molar-refractivity contribution in [2.45, 2.75) is 46.2 Å². The molecule has 136 valence electrons. The molecule has 0 aliphatic rings. The molecule has 2 rings (SSSR count). The average Bonchev–Trinajstić information content (AvgIpc) is 2.91. The topological polar surface area (TPSA) is 61.9 Å². The number of nitrogens with zero attached hydrogens (tertiary/aromatic N) is 4. The van der Waals surface area contributed by atoms with E-state index in [1.54, 1.807) is 6.08 Å². The van der Waals surface area contributed by atoms with Gasteiger partial charge in [0.15, 0.2) is 0 Å². The van der Waals surface area contributed by atoms with Crippen LogP contribution in [0.4, 0.5) is 0 Å². The summed E-state index contributed by atoms with van der Waals surface area (Å²) in [4.78, 5) is 14.5. The highest BCUT2D eigenvalue weighted by molar-refractivity contribution is 5.76. The lowest BCUT2D eigenvalue weighted by Gasteiger charge is -2.21. The summed E-state index contributed by atoms with van der Waals surface area (Å²) in [7, 11) is 0. The third-order valence-electron chi connectivity index (χ3n) is 4.47. The van der Waals surface area contributed by atoms with E-state index in [0.717, 1.165) is 22.5 Å². The Balaban J connectivity index is 2.02. The molecule has 0 saturated carbocycles. The molecule has 1 aromatic heterocycles. The summed E-state index contributed by atoms with van der Waals surface area (Å²) in [5.41, 5.74) is 4.20. The Morgan fingerprint density at radius 3 is 2.73 bits per heavy atom. The third-order valence-corrected chi connectivity index (χ3v) is 4.47. The van der Waals surface area contributed by atoms with Crippen molar-refractivity contribution < 1.29 is 4.79 Å². The smallest absolute Gasteiger partial charge is 0.223 e. The summed E-state index contributed by atoms with van der Waals surface area (Å²) in [6, 6.07) is 12.1. The largest absolute Gasteiger partial charge is 0.335 e. The van der Waals surface area contributed by atoms with Crippen LogP contribution in [-0.2, 0) is 24.3 Å². The van der Waals surface area contributed by atoms with Gasteiger partial charge in [0.25, 0.3) is 0 Å². The van der Waals surface area contributed by atoms with E-state index in [1.807, 2.05) is 53.8 Å². The van der Waals surface area contributed by atoms with Crippen LogP contribution in [0.5, 0.6) is 0 Å². The minimum atomic E-state index is 0.109. The van der Waals surface area contributed by atoms with Crippen molar-refractivity contribution in [3.05, 3.63) is 65.5 Å². The van der Waals surface area contributed by atoms with E-state index < -0.39 is 0 Å². The van der Waals surface area contributed by atoms with Crippen molar-refractivity contribution in [3.8, 4) is 6.07 Å². The molecule has 0 fully saturated rings. The van der Waals surface area contributed by atoms with Crippen molar-refractivity contribution in [1.82, 2.24) is 14.7 Å². The maximum absolute atomic E-state index is 12.7. The number of aryl methyl sites for hydroxylation is 2. The maximum atomic E-state index is 12.7. The Morgan fingerprint density at radius 1 is 1.35 bits per heavy atom. The summed E-state index contributed by atoms with van der Waals surface area (Å²) >= 11 is 0. The van der Waals surface area contributed by atoms with Gasteiger partial charge in [0.1, 0.15) is 0 Å². The standard InChI is InChI=1S/C21H26N4O/c1-4-14-24(16-19-9-6-5-7-10-19)21(26)12-11-20-17(2)23-25(18(20)3)15-8-13-22/h4-7,9-10H,1,8,11-12,14-16H2,2-3H3. The van der Waals surface area contributed by atoms with Crippen molar-refractivity contribution in [3.63, 3.8) is 0 Å². The molecule has 26 heavy (non-hydrogen) atoms. The highest BCUT2D eigenvalue weighted by atomic mass is 16.2. The van der Waals surface area contributed by atoms with Gasteiger partial charge < -0.3 is 4.90 Å². The summed E-state index contributed by atoms with van der Waals surface area (Å²) < 4.78 is 1.86. The number of carbonyl (C=O) groups excluding carboxylic acids is 1. The molecule has 0 bridgehead atoms. The highest BCUT2D eigenvalue weighted by Crippen LogP contribution is 2.17. The molecular weight excluding hydrogens is 324 g/mol. The first-order valence-corrected chi connectivity index (χ1v) is 8.89. The van der Waals surface area contributed by atoms with E-state index in [1.165, 1.54) is 0 Å². The number of aromatic nitrogens is 2. The SMILES string of the molecule is C=CCN(Cc1ccccc1)C(=O)CCc1c(C)nn(CCC#N)c1C. The number of hydrogen-bond donors (Lipinski definition) is 0. The zero-order chi connectivity index (χ0) is 18.9. The van der Waals surface area contributed by atoms with Crippen LogP contribution in [0, 0.1) is 25.2 Å². The molecule has 0 radical (unpaired) electrons. The number of amides is 1. The molecular formula is C21H26N4O. The minimum Gasteiger partial charge on any atom is -0.335 e. The summed E-state index contributed by atoms with van der Waals surface area (Å²) in [5.74, 6) is 0.109. The summed E-state index contributed by atoms with van der Waals surface area (Å²) in [6.45, 7) is 9.45. The molecule has 2 aromatic rings. The first-order chi connectivity index (χ1) is 12.6. The first kappa shape index (κ1) is 19.5. The molecule has 1 amide bonds. The molecule has 0 saturated heterocycles. The maximum Gasteiger partial charge on any atom is 0.223 e. The fourth-order valence-corrected chi connectivity index (χ4v) is 3.07. The second kappa shape index (κ2) is 9.57. The summed E-state index contributed by atoms with van der Waals surface area (Å²) in [6.07, 6.45) is 3.29. The lowest BCUT2D eigenvalue weighted by molar-refractivity contribution is -0.131. The van der Waals surface area contributed by atoms with E-state index in [2.05, 4.69) is 17.7 Å². The van der Waals surface area contributed by atoms with Gasteiger partial charge in [-0.1, -0.05) is 36.4 Å². The van der Waals surface area contributed by atoms with Gasteiger partial charge >= 0.3 is 0 Å². The van der Waals surface area contributed by atoms with Crippen LogP contribution in [0.3, 0.4) is 0 Å². The zero-order valence-electron chi connectivity index (χ0n) is 15.6. The fraction of sp³-hybridized carbons (Fsp3) is 0.381. The van der Waals surface area contributed by atoms with Crippen LogP contribution in [0.25, 0.3) is 0 Å². The molecule has 1 heterocycles. The Labute approximate surface area is 155 Å². The normalized spacial score (nSPS) is 10.3. The number of hydrogen-bond acceptors (Lipinski definition) is 3. The van der Waals surface area contributed by atoms with E-state index in [0.29, 0.717) is 38.9 Å². The highest BCUT2D eigenvalue weighted by Gasteiger charge is 2.16. The second-order valence-electron chi connectivity index (χ2n) is 6.33. The van der Waals surface area contributed by atoms with Gasteiger partial charge in [0.05, 0.1) is 24.7 Å². The van der Waals surface area contributed by atoms with Crippen LogP contribution in [-0.4, -0.2) is 27.1 Å². The fourth-order valence-electron chi connectivity index (χ4n) is 3.07. The van der Waals surface area contributed by atoms with Crippen molar-refractivity contribution in [2.75, 3.05) is 6.54 Å². The molecule has 1 aromatic carbocycles. The molecule has 0 aliphatic heterocycles. The van der Waals surface area contributed by atoms with E-state index in [-0.39, 0.29) is 5.91 Å². The molecule has 5 nitrogen and oxygen atoms in total. The number of nitriles is 1. The molecule has 0 aliphatic carbocycles. The lowest BCUT2D eigenvalue weighted by Crippen LogP contribution is -2.30. The average molecular weight is 350 g/mol. The van der Waals surface area contributed by atoms with Gasteiger partial charge in [-0.2, -0.15) is 10.4 Å². The van der Waals surface area contributed by atoms with Gasteiger partial charge in [-0.05, 0) is 31.4 Å². The Morgan fingerprint density at radius 2 is 2.08 bits per heavy atom. The quantitative estimate of drug-likeness (QED) is 0.650. The Kier molecular flexibility index (Phi) is 7.16. The van der Waals surface area contributed by atoms with Crippen LogP contribution in [0.15, 0.2) is 43.0 Å². The van der Waals surface area contributed by atoms with E-state index in [4.69, 9.17) is 5.26 Å². The number of carbonyl (C=O) groups is 1. The van der Waals surface area contributed by atoms with Crippen molar-refractivity contribution >= 4 is 5.91 Å². The van der Waals surface area contributed by atoms with Crippen LogP contribution in [0.2, 0.25) is 0 Å². The van der Waals surface area contributed by atoms with Crippen LogP contribution >= 0.6 is 0 Å². The molecule has 0 N–H and O–H groups in total. The van der Waals surface area contributed by atoms with Gasteiger partial charge in [0, 0.05) is 25.2 Å². The molecule has 0 unspecified atom stereocenters. The van der Waals surface area contributed by atoms with Crippen LogP contribution in [0.1, 0.15) is 35.4 Å². The summed E-state index contributed by atoms with van der Waals surface area (Å²) in [5, 5.41) is 13.3. The van der Waals surface area contributed by atoms with Crippen molar-refractivity contribution in [1.29, 1.82) is 5.26 Å². The first-order valence-electron chi connectivity index (χ1n) is 8.89. The Hall–Kier alpha value is -2.87. The third kappa shape index (κ3) is 5.06. The van der Waals surface area contributed by atoms with E-state index in [9.17, 15) is 4.79 Å². The predicted octanol–water partition coefficient (Wildman–Crippen LogP) is 3.56. The monoisotopic (exact) mass is 350 g/mol. The number of rotatable bonds is 9. The lowest BCUT2D eigenvalue weighted by atomic mass is 10.1. The molecule has 0 atom stereocenters. The van der Waals surface area contributed by atoms with Gasteiger partial charge in [-0.15, -0.1) is 6.58 Å². The zero-order valence-corrected chi connectivity index (χ0v) is 15.6. The van der Waals surface area contributed by atoms with Crippen LogP contribution < -0.4 is 0 Å². The minimum absolute atomic E-state index is 0.109. The van der Waals surface area contributed by atoms with E-state index >= 15 is 0 Å².